The molecule has 1 aromatic heterocycles. The summed E-state index contributed by atoms with van der Waals surface area (Å²) in [5, 5.41) is 0. The lowest BCUT2D eigenvalue weighted by molar-refractivity contribution is 0.0970. The van der Waals surface area contributed by atoms with Gasteiger partial charge in [-0.1, -0.05) is 17.7 Å². The Balaban J connectivity index is 2.26. The van der Waals surface area contributed by atoms with Gasteiger partial charge in [-0.3, -0.25) is 4.79 Å². The number of rotatable bonds is 3. The lowest BCUT2D eigenvalue weighted by Crippen LogP contribution is -2.12. The maximum absolute atomic E-state index is 12.2. The van der Waals surface area contributed by atoms with Gasteiger partial charge in [0.15, 0.2) is 5.78 Å². The number of aryl methyl sites for hydroxylation is 3. The molecule has 0 spiro atoms. The Kier molecular flexibility index (Phi) is 3.09. The zero-order chi connectivity index (χ0) is 12.4. The number of Topliss-reactive ketones (excluding diaryl/α,β-unsaturated/α-hetero) is 1. The molecule has 0 saturated heterocycles. The van der Waals surface area contributed by atoms with Crippen LogP contribution in [0.2, 0.25) is 0 Å². The SMILES string of the molecule is Cc1ccc(C)c(C(=O)Cn2ccnc2C)c1. The van der Waals surface area contributed by atoms with Crippen LogP contribution in [0.15, 0.2) is 30.6 Å². The van der Waals surface area contributed by atoms with Crippen molar-refractivity contribution in [3.63, 3.8) is 0 Å². The standard InChI is InChI=1S/C14H16N2O/c1-10-4-5-11(2)13(8-10)14(17)9-16-7-6-15-12(16)3/h4-8H,9H2,1-3H3. The third-order valence-electron chi connectivity index (χ3n) is 2.93. The predicted octanol–water partition coefficient (Wildman–Crippen LogP) is 2.69. The Morgan fingerprint density at radius 3 is 2.71 bits per heavy atom. The number of imidazole rings is 1. The van der Waals surface area contributed by atoms with Crippen LogP contribution in [-0.2, 0) is 6.54 Å². The van der Waals surface area contributed by atoms with E-state index in [9.17, 15) is 4.79 Å². The fourth-order valence-corrected chi connectivity index (χ4v) is 1.85. The molecule has 2 rings (SSSR count). The fraction of sp³-hybridized carbons (Fsp3) is 0.286. The minimum Gasteiger partial charge on any atom is -0.327 e. The fourth-order valence-electron chi connectivity index (χ4n) is 1.85. The zero-order valence-electron chi connectivity index (χ0n) is 10.4. The molecule has 0 unspecified atom stereocenters. The number of benzene rings is 1. The smallest absolute Gasteiger partial charge is 0.182 e. The van der Waals surface area contributed by atoms with Gasteiger partial charge in [0.05, 0.1) is 6.54 Å². The summed E-state index contributed by atoms with van der Waals surface area (Å²) in [6, 6.07) is 5.96. The number of carbonyl (C=O) groups excluding carboxylic acids is 1. The van der Waals surface area contributed by atoms with Crippen molar-refractivity contribution >= 4 is 5.78 Å². The van der Waals surface area contributed by atoms with Gasteiger partial charge in [0.1, 0.15) is 5.82 Å². The van der Waals surface area contributed by atoms with Crippen molar-refractivity contribution in [2.45, 2.75) is 27.3 Å². The first-order valence-corrected chi connectivity index (χ1v) is 5.66. The van der Waals surface area contributed by atoms with Crippen LogP contribution in [0.1, 0.15) is 27.3 Å². The monoisotopic (exact) mass is 228 g/mol. The maximum atomic E-state index is 12.2. The van der Waals surface area contributed by atoms with E-state index in [4.69, 9.17) is 0 Å². The Morgan fingerprint density at radius 2 is 2.06 bits per heavy atom. The van der Waals surface area contributed by atoms with Gasteiger partial charge in [0.25, 0.3) is 0 Å². The van der Waals surface area contributed by atoms with E-state index in [1.165, 1.54) is 0 Å². The van der Waals surface area contributed by atoms with E-state index in [-0.39, 0.29) is 5.78 Å². The van der Waals surface area contributed by atoms with E-state index in [1.54, 1.807) is 6.20 Å². The average molecular weight is 228 g/mol. The van der Waals surface area contributed by atoms with Crippen molar-refractivity contribution in [2.24, 2.45) is 0 Å². The molecule has 1 heterocycles. The largest absolute Gasteiger partial charge is 0.327 e. The molecule has 2 aromatic rings. The lowest BCUT2D eigenvalue weighted by atomic mass is 10.0. The summed E-state index contributed by atoms with van der Waals surface area (Å²) >= 11 is 0. The first-order valence-electron chi connectivity index (χ1n) is 5.66. The number of hydrogen-bond acceptors (Lipinski definition) is 2. The van der Waals surface area contributed by atoms with Crippen molar-refractivity contribution < 1.29 is 4.79 Å². The lowest BCUT2D eigenvalue weighted by Gasteiger charge is -2.08. The Morgan fingerprint density at radius 1 is 1.29 bits per heavy atom. The normalized spacial score (nSPS) is 10.5. The molecule has 0 atom stereocenters. The van der Waals surface area contributed by atoms with E-state index in [1.807, 2.05) is 49.7 Å². The second kappa shape index (κ2) is 4.53. The molecule has 0 bridgehead atoms. The number of aromatic nitrogens is 2. The first kappa shape index (κ1) is 11.6. The predicted molar refractivity (Wildman–Crippen MR) is 67.2 cm³/mol. The molecular weight excluding hydrogens is 212 g/mol. The third kappa shape index (κ3) is 2.44. The minimum atomic E-state index is 0.132. The molecule has 0 aliphatic rings. The summed E-state index contributed by atoms with van der Waals surface area (Å²) in [5.41, 5.74) is 2.94. The number of ketones is 1. The molecule has 3 heteroatoms. The van der Waals surface area contributed by atoms with Crippen LogP contribution in [0, 0.1) is 20.8 Å². The van der Waals surface area contributed by atoms with E-state index >= 15 is 0 Å². The van der Waals surface area contributed by atoms with Gasteiger partial charge in [0, 0.05) is 18.0 Å². The van der Waals surface area contributed by atoms with E-state index < -0.39 is 0 Å². The summed E-state index contributed by atoms with van der Waals surface area (Å²) in [6.45, 7) is 6.22. The van der Waals surface area contributed by atoms with Crippen molar-refractivity contribution in [2.75, 3.05) is 0 Å². The van der Waals surface area contributed by atoms with Crippen LogP contribution in [0.5, 0.6) is 0 Å². The molecule has 0 N–H and O–H groups in total. The molecule has 88 valence electrons. The quantitative estimate of drug-likeness (QED) is 0.757. The highest BCUT2D eigenvalue weighted by Crippen LogP contribution is 2.12. The molecule has 0 fully saturated rings. The van der Waals surface area contributed by atoms with Gasteiger partial charge in [-0.2, -0.15) is 0 Å². The van der Waals surface area contributed by atoms with E-state index in [0.29, 0.717) is 6.54 Å². The van der Waals surface area contributed by atoms with Crippen LogP contribution in [0.3, 0.4) is 0 Å². The van der Waals surface area contributed by atoms with E-state index in [0.717, 1.165) is 22.5 Å². The van der Waals surface area contributed by atoms with Crippen LogP contribution in [0.4, 0.5) is 0 Å². The van der Waals surface area contributed by atoms with Gasteiger partial charge in [-0.15, -0.1) is 0 Å². The van der Waals surface area contributed by atoms with Crippen LogP contribution in [-0.4, -0.2) is 15.3 Å². The molecule has 1 aromatic carbocycles. The summed E-state index contributed by atoms with van der Waals surface area (Å²) in [6.07, 6.45) is 3.55. The molecule has 17 heavy (non-hydrogen) atoms. The average Bonchev–Trinajstić information content (AvgIpc) is 2.68. The minimum absolute atomic E-state index is 0.132. The summed E-state index contributed by atoms with van der Waals surface area (Å²) in [4.78, 5) is 16.3. The Hall–Kier alpha value is -1.90. The molecule has 0 amide bonds. The summed E-state index contributed by atoms with van der Waals surface area (Å²) < 4.78 is 1.87. The molecule has 0 saturated carbocycles. The molecule has 3 nitrogen and oxygen atoms in total. The Bertz CT molecular complexity index is 555. The summed E-state index contributed by atoms with van der Waals surface area (Å²) in [7, 11) is 0. The van der Waals surface area contributed by atoms with Crippen molar-refractivity contribution in [1.82, 2.24) is 9.55 Å². The highest BCUT2D eigenvalue weighted by molar-refractivity contribution is 5.97. The second-order valence-corrected chi connectivity index (χ2v) is 4.34. The van der Waals surface area contributed by atoms with E-state index in [2.05, 4.69) is 4.98 Å². The maximum Gasteiger partial charge on any atom is 0.182 e. The molecular formula is C14H16N2O. The molecule has 0 aliphatic heterocycles. The van der Waals surface area contributed by atoms with Crippen LogP contribution < -0.4 is 0 Å². The third-order valence-corrected chi connectivity index (χ3v) is 2.93. The van der Waals surface area contributed by atoms with Gasteiger partial charge in [-0.05, 0) is 32.4 Å². The van der Waals surface area contributed by atoms with Crippen molar-refractivity contribution in [1.29, 1.82) is 0 Å². The highest BCUT2D eigenvalue weighted by atomic mass is 16.1. The van der Waals surface area contributed by atoms with Crippen molar-refractivity contribution in [3.05, 3.63) is 53.1 Å². The van der Waals surface area contributed by atoms with Gasteiger partial charge >= 0.3 is 0 Å². The van der Waals surface area contributed by atoms with Gasteiger partial charge < -0.3 is 4.57 Å². The topological polar surface area (TPSA) is 34.9 Å². The first-order chi connectivity index (χ1) is 8.08. The number of nitrogens with zero attached hydrogens (tertiary/aromatic N) is 2. The van der Waals surface area contributed by atoms with Gasteiger partial charge in [-0.25, -0.2) is 4.98 Å². The molecule has 0 radical (unpaired) electrons. The second-order valence-electron chi connectivity index (χ2n) is 4.34. The zero-order valence-corrected chi connectivity index (χ0v) is 10.4. The highest BCUT2D eigenvalue weighted by Gasteiger charge is 2.10. The van der Waals surface area contributed by atoms with Crippen molar-refractivity contribution in [3.8, 4) is 0 Å². The summed E-state index contributed by atoms with van der Waals surface area (Å²) in [5.74, 6) is 0.996. The Labute approximate surface area is 101 Å². The van der Waals surface area contributed by atoms with Gasteiger partial charge in [0.2, 0.25) is 0 Å². The number of carbonyl (C=O) groups is 1. The van der Waals surface area contributed by atoms with Crippen LogP contribution >= 0.6 is 0 Å². The van der Waals surface area contributed by atoms with Crippen LogP contribution in [0.25, 0.3) is 0 Å². The molecule has 0 aliphatic carbocycles. The number of hydrogen-bond donors (Lipinski definition) is 0.